The van der Waals surface area contributed by atoms with E-state index in [1.165, 1.54) is 5.56 Å². The van der Waals surface area contributed by atoms with Gasteiger partial charge in [-0.05, 0) is 31.2 Å². The van der Waals surface area contributed by atoms with Crippen molar-refractivity contribution >= 4 is 6.03 Å². The van der Waals surface area contributed by atoms with Crippen LogP contribution in [-0.4, -0.2) is 55.2 Å². The predicted molar refractivity (Wildman–Crippen MR) is 86.8 cm³/mol. The lowest BCUT2D eigenvalue weighted by Crippen LogP contribution is -2.51. The van der Waals surface area contributed by atoms with E-state index in [9.17, 15) is 4.79 Å². The van der Waals surface area contributed by atoms with Crippen molar-refractivity contribution < 1.29 is 9.53 Å². The lowest BCUT2D eigenvalue weighted by molar-refractivity contribution is 0.000639. The molecule has 2 aliphatic rings. The van der Waals surface area contributed by atoms with Gasteiger partial charge in [-0.15, -0.1) is 0 Å². The number of rotatable bonds is 3. The number of benzene rings is 1. The fraction of sp³-hybridized carbons (Fsp3) is 0.611. The first-order chi connectivity index (χ1) is 10.8. The molecule has 1 aromatic carbocycles. The number of hydrogen-bond acceptors (Lipinski definition) is 2. The molecule has 120 valence electrons. The minimum Gasteiger partial charge on any atom is -0.381 e. The molecule has 3 rings (SSSR count). The van der Waals surface area contributed by atoms with Gasteiger partial charge in [0, 0.05) is 39.2 Å². The van der Waals surface area contributed by atoms with Crippen LogP contribution in [0, 0.1) is 5.92 Å². The van der Waals surface area contributed by atoms with E-state index in [0.717, 1.165) is 51.9 Å². The Bertz CT molecular complexity index is 485. The minimum absolute atomic E-state index is 0.227. The molecule has 4 heteroatoms. The number of nitrogens with zero attached hydrogens (tertiary/aromatic N) is 2. The third-order valence-corrected chi connectivity index (χ3v) is 4.95. The maximum Gasteiger partial charge on any atom is 0.320 e. The molecule has 2 amide bonds. The van der Waals surface area contributed by atoms with Crippen molar-refractivity contribution in [1.29, 1.82) is 0 Å². The van der Waals surface area contributed by atoms with Gasteiger partial charge < -0.3 is 14.5 Å². The SMILES string of the molecule is CO[C@@H]1CCN(C(=O)N2CCCC2)C[C@H]1Cc1ccccc1. The standard InChI is InChI=1S/C18H26N2O2/c1-22-17-9-12-20(18(21)19-10-5-6-11-19)14-16(17)13-15-7-3-2-4-8-15/h2-4,7-8,16-17H,5-6,9-14H2,1H3/t16-,17-/m1/s1. The highest BCUT2D eigenvalue weighted by molar-refractivity contribution is 5.74. The lowest BCUT2D eigenvalue weighted by atomic mass is 9.88. The summed E-state index contributed by atoms with van der Waals surface area (Å²) in [5.74, 6) is 0.382. The molecular weight excluding hydrogens is 276 g/mol. The van der Waals surface area contributed by atoms with Crippen LogP contribution in [0.3, 0.4) is 0 Å². The highest BCUT2D eigenvalue weighted by Gasteiger charge is 2.33. The van der Waals surface area contributed by atoms with Gasteiger partial charge in [0.1, 0.15) is 0 Å². The van der Waals surface area contributed by atoms with E-state index in [0.29, 0.717) is 5.92 Å². The summed E-state index contributed by atoms with van der Waals surface area (Å²) in [6.07, 6.45) is 4.46. The number of amides is 2. The molecule has 2 saturated heterocycles. The van der Waals surface area contributed by atoms with E-state index in [-0.39, 0.29) is 12.1 Å². The van der Waals surface area contributed by atoms with Crippen LogP contribution in [0.15, 0.2) is 30.3 Å². The second-order valence-electron chi connectivity index (χ2n) is 6.44. The van der Waals surface area contributed by atoms with Gasteiger partial charge in [-0.25, -0.2) is 4.79 Å². The van der Waals surface area contributed by atoms with Crippen LogP contribution in [0.4, 0.5) is 4.79 Å². The van der Waals surface area contributed by atoms with Gasteiger partial charge in [0.05, 0.1) is 6.10 Å². The summed E-state index contributed by atoms with van der Waals surface area (Å²) in [4.78, 5) is 16.6. The number of ether oxygens (including phenoxy) is 1. The Kier molecular flexibility index (Phi) is 4.98. The second kappa shape index (κ2) is 7.14. The molecule has 0 N–H and O–H groups in total. The summed E-state index contributed by atoms with van der Waals surface area (Å²) in [7, 11) is 1.79. The van der Waals surface area contributed by atoms with Gasteiger partial charge in [0.2, 0.25) is 0 Å². The van der Waals surface area contributed by atoms with Crippen molar-refractivity contribution in [3.8, 4) is 0 Å². The number of methoxy groups -OCH3 is 1. The van der Waals surface area contributed by atoms with Crippen LogP contribution in [0.2, 0.25) is 0 Å². The topological polar surface area (TPSA) is 32.8 Å². The third kappa shape index (κ3) is 3.43. The zero-order chi connectivity index (χ0) is 15.4. The van der Waals surface area contributed by atoms with E-state index in [1.54, 1.807) is 7.11 Å². The average molecular weight is 302 g/mol. The fourth-order valence-electron chi connectivity index (χ4n) is 3.72. The number of hydrogen-bond donors (Lipinski definition) is 0. The Hall–Kier alpha value is -1.55. The Morgan fingerprint density at radius 1 is 1.14 bits per heavy atom. The monoisotopic (exact) mass is 302 g/mol. The lowest BCUT2D eigenvalue weighted by Gasteiger charge is -2.39. The molecule has 2 aliphatic heterocycles. The van der Waals surface area contributed by atoms with Crippen molar-refractivity contribution in [2.45, 2.75) is 31.8 Å². The predicted octanol–water partition coefficient (Wildman–Crippen LogP) is 2.78. The second-order valence-corrected chi connectivity index (χ2v) is 6.44. The normalized spacial score (nSPS) is 25.5. The average Bonchev–Trinajstić information content (AvgIpc) is 3.09. The zero-order valence-electron chi connectivity index (χ0n) is 13.4. The van der Waals surface area contributed by atoms with E-state index in [2.05, 4.69) is 24.3 Å². The highest BCUT2D eigenvalue weighted by Crippen LogP contribution is 2.25. The maximum atomic E-state index is 12.6. The Morgan fingerprint density at radius 3 is 2.55 bits per heavy atom. The van der Waals surface area contributed by atoms with Gasteiger partial charge in [0.25, 0.3) is 0 Å². The van der Waals surface area contributed by atoms with Gasteiger partial charge in [-0.3, -0.25) is 0 Å². The molecular formula is C18H26N2O2. The summed E-state index contributed by atoms with van der Waals surface area (Å²) < 4.78 is 5.68. The fourth-order valence-corrected chi connectivity index (χ4v) is 3.72. The van der Waals surface area contributed by atoms with Gasteiger partial charge in [0.15, 0.2) is 0 Å². The summed E-state index contributed by atoms with van der Waals surface area (Å²) in [5.41, 5.74) is 1.32. The summed E-state index contributed by atoms with van der Waals surface area (Å²) in [5, 5.41) is 0. The van der Waals surface area contributed by atoms with E-state index in [4.69, 9.17) is 4.74 Å². The summed E-state index contributed by atoms with van der Waals surface area (Å²) >= 11 is 0. The van der Waals surface area contributed by atoms with E-state index < -0.39 is 0 Å². The Morgan fingerprint density at radius 2 is 1.86 bits per heavy atom. The zero-order valence-corrected chi connectivity index (χ0v) is 13.4. The molecule has 0 aliphatic carbocycles. The first-order valence-corrected chi connectivity index (χ1v) is 8.38. The van der Waals surface area contributed by atoms with Crippen molar-refractivity contribution in [1.82, 2.24) is 9.80 Å². The van der Waals surface area contributed by atoms with Crippen molar-refractivity contribution in [2.24, 2.45) is 5.92 Å². The molecule has 0 spiro atoms. The number of likely N-dealkylation sites (tertiary alicyclic amines) is 2. The van der Waals surface area contributed by atoms with Crippen molar-refractivity contribution in [3.05, 3.63) is 35.9 Å². The van der Waals surface area contributed by atoms with Crippen LogP contribution in [0.25, 0.3) is 0 Å². The molecule has 2 atom stereocenters. The molecule has 22 heavy (non-hydrogen) atoms. The highest BCUT2D eigenvalue weighted by atomic mass is 16.5. The smallest absolute Gasteiger partial charge is 0.320 e. The van der Waals surface area contributed by atoms with Crippen LogP contribution in [0.1, 0.15) is 24.8 Å². The molecule has 4 nitrogen and oxygen atoms in total. The largest absolute Gasteiger partial charge is 0.381 e. The van der Waals surface area contributed by atoms with Crippen molar-refractivity contribution in [2.75, 3.05) is 33.3 Å². The minimum atomic E-state index is 0.227. The Labute approximate surface area is 133 Å². The maximum absolute atomic E-state index is 12.6. The molecule has 0 aromatic heterocycles. The van der Waals surface area contributed by atoms with E-state index >= 15 is 0 Å². The van der Waals surface area contributed by atoms with E-state index in [1.807, 2.05) is 15.9 Å². The quantitative estimate of drug-likeness (QED) is 0.860. The molecule has 1 aromatic rings. The van der Waals surface area contributed by atoms with Crippen LogP contribution < -0.4 is 0 Å². The molecule has 0 bridgehead atoms. The van der Waals surface area contributed by atoms with Crippen LogP contribution >= 0.6 is 0 Å². The molecule has 0 radical (unpaired) electrons. The summed E-state index contributed by atoms with van der Waals surface area (Å²) in [6.45, 7) is 3.47. The number of urea groups is 1. The van der Waals surface area contributed by atoms with Gasteiger partial charge in [-0.1, -0.05) is 30.3 Å². The van der Waals surface area contributed by atoms with Gasteiger partial charge >= 0.3 is 6.03 Å². The molecule has 0 saturated carbocycles. The molecule has 0 unspecified atom stereocenters. The van der Waals surface area contributed by atoms with Crippen LogP contribution in [-0.2, 0) is 11.2 Å². The van der Waals surface area contributed by atoms with Gasteiger partial charge in [-0.2, -0.15) is 0 Å². The summed E-state index contributed by atoms with van der Waals surface area (Å²) in [6, 6.07) is 10.7. The molecule has 2 heterocycles. The number of carbonyl (C=O) groups is 1. The van der Waals surface area contributed by atoms with Crippen LogP contribution in [0.5, 0.6) is 0 Å². The molecule has 2 fully saturated rings. The third-order valence-electron chi connectivity index (χ3n) is 4.95. The van der Waals surface area contributed by atoms with Crippen molar-refractivity contribution in [3.63, 3.8) is 0 Å². The first-order valence-electron chi connectivity index (χ1n) is 8.38. The number of piperidine rings is 1. The number of carbonyl (C=O) groups excluding carboxylic acids is 1. The first kappa shape index (κ1) is 15.3. The Balaban J connectivity index is 1.65.